The Morgan fingerprint density at radius 2 is 2.00 bits per heavy atom. The molecule has 1 aromatic carbocycles. The van der Waals surface area contributed by atoms with Gasteiger partial charge in [0.25, 0.3) is 5.91 Å². The van der Waals surface area contributed by atoms with Gasteiger partial charge < -0.3 is 10.4 Å². The molecule has 0 fully saturated rings. The van der Waals surface area contributed by atoms with Crippen LogP contribution in [0, 0.1) is 11.7 Å². The maximum absolute atomic E-state index is 12.9. The molecule has 1 aromatic rings. The van der Waals surface area contributed by atoms with Crippen molar-refractivity contribution in [1.29, 1.82) is 0 Å². The highest BCUT2D eigenvalue weighted by atomic mass is 79.9. The normalized spacial score (nSPS) is 12.3. The number of aliphatic carboxylic acids is 1. The van der Waals surface area contributed by atoms with Gasteiger partial charge in [0.2, 0.25) is 0 Å². The van der Waals surface area contributed by atoms with E-state index in [9.17, 15) is 14.0 Å². The summed E-state index contributed by atoms with van der Waals surface area (Å²) in [6.45, 7) is 3.39. The number of halogens is 2. The first-order valence-corrected chi connectivity index (χ1v) is 6.11. The summed E-state index contributed by atoms with van der Waals surface area (Å²) >= 11 is 3.06. The summed E-state index contributed by atoms with van der Waals surface area (Å²) in [4.78, 5) is 22.8. The summed E-state index contributed by atoms with van der Waals surface area (Å²) in [7, 11) is 0. The molecule has 1 atom stereocenters. The zero-order valence-electron chi connectivity index (χ0n) is 9.91. The molecule has 0 spiro atoms. The average molecular weight is 318 g/mol. The number of carbonyl (C=O) groups is 2. The van der Waals surface area contributed by atoms with Gasteiger partial charge in [0, 0.05) is 4.47 Å². The molecule has 6 heteroatoms. The lowest BCUT2D eigenvalue weighted by Gasteiger charge is -2.18. The van der Waals surface area contributed by atoms with Crippen molar-refractivity contribution in [2.24, 2.45) is 5.92 Å². The van der Waals surface area contributed by atoms with Crippen LogP contribution < -0.4 is 5.32 Å². The van der Waals surface area contributed by atoms with Gasteiger partial charge in [-0.05, 0) is 40.0 Å². The summed E-state index contributed by atoms with van der Waals surface area (Å²) in [6, 6.07) is 2.62. The second-order valence-electron chi connectivity index (χ2n) is 4.16. The highest BCUT2D eigenvalue weighted by Crippen LogP contribution is 2.18. The molecule has 1 rings (SSSR count). The Bertz CT molecular complexity index is 476. The molecule has 1 unspecified atom stereocenters. The number of rotatable bonds is 4. The van der Waals surface area contributed by atoms with E-state index >= 15 is 0 Å². The number of benzene rings is 1. The van der Waals surface area contributed by atoms with Gasteiger partial charge in [-0.1, -0.05) is 13.8 Å². The lowest BCUT2D eigenvalue weighted by atomic mass is 10.0. The lowest BCUT2D eigenvalue weighted by Crippen LogP contribution is -2.44. The number of amides is 1. The molecule has 0 aromatic heterocycles. The average Bonchev–Trinajstić information content (AvgIpc) is 2.24. The Labute approximate surface area is 112 Å². The Kier molecular flexibility index (Phi) is 4.84. The van der Waals surface area contributed by atoms with Crippen LogP contribution in [0.4, 0.5) is 4.39 Å². The van der Waals surface area contributed by atoms with Crippen molar-refractivity contribution in [2.75, 3.05) is 0 Å². The molecular weight excluding hydrogens is 305 g/mol. The Morgan fingerprint density at radius 1 is 1.39 bits per heavy atom. The molecule has 0 aliphatic heterocycles. The van der Waals surface area contributed by atoms with Crippen molar-refractivity contribution in [1.82, 2.24) is 5.32 Å². The van der Waals surface area contributed by atoms with Crippen molar-refractivity contribution in [3.8, 4) is 0 Å². The van der Waals surface area contributed by atoms with Crippen molar-refractivity contribution in [3.05, 3.63) is 34.1 Å². The Hall–Kier alpha value is -1.43. The van der Waals surface area contributed by atoms with Crippen LogP contribution in [-0.4, -0.2) is 23.0 Å². The van der Waals surface area contributed by atoms with Crippen LogP contribution in [-0.2, 0) is 4.79 Å². The molecule has 0 saturated carbocycles. The van der Waals surface area contributed by atoms with Crippen LogP contribution in [0.3, 0.4) is 0 Å². The van der Waals surface area contributed by atoms with E-state index in [0.29, 0.717) is 0 Å². The topological polar surface area (TPSA) is 66.4 Å². The third-order valence-corrected chi connectivity index (χ3v) is 3.05. The minimum Gasteiger partial charge on any atom is -0.480 e. The standard InChI is InChI=1S/C12H13BrFNO3/c1-6(2)10(12(17)18)15-11(16)8-4-3-7(14)5-9(8)13/h3-6,10H,1-2H3,(H,15,16)(H,17,18). The zero-order valence-corrected chi connectivity index (χ0v) is 11.5. The van der Waals surface area contributed by atoms with Crippen molar-refractivity contribution in [3.63, 3.8) is 0 Å². The van der Waals surface area contributed by atoms with Crippen molar-refractivity contribution >= 4 is 27.8 Å². The number of hydrogen-bond acceptors (Lipinski definition) is 2. The fourth-order valence-corrected chi connectivity index (χ4v) is 1.94. The largest absolute Gasteiger partial charge is 0.480 e. The van der Waals surface area contributed by atoms with E-state index in [1.165, 1.54) is 6.07 Å². The van der Waals surface area contributed by atoms with E-state index in [2.05, 4.69) is 21.2 Å². The minimum absolute atomic E-state index is 0.198. The molecule has 18 heavy (non-hydrogen) atoms. The maximum atomic E-state index is 12.9. The van der Waals surface area contributed by atoms with Crippen LogP contribution in [0.5, 0.6) is 0 Å². The fourth-order valence-electron chi connectivity index (χ4n) is 1.41. The van der Waals surface area contributed by atoms with Gasteiger partial charge in [0.15, 0.2) is 0 Å². The smallest absolute Gasteiger partial charge is 0.326 e. The third kappa shape index (κ3) is 3.53. The summed E-state index contributed by atoms with van der Waals surface area (Å²) in [5, 5.41) is 11.4. The molecule has 1 amide bonds. The predicted molar refractivity (Wildman–Crippen MR) is 67.8 cm³/mol. The molecule has 0 radical (unpaired) electrons. The number of carbonyl (C=O) groups excluding carboxylic acids is 1. The van der Waals surface area contributed by atoms with E-state index in [0.717, 1.165) is 12.1 Å². The minimum atomic E-state index is -1.10. The van der Waals surface area contributed by atoms with Gasteiger partial charge in [-0.2, -0.15) is 0 Å². The van der Waals surface area contributed by atoms with Crippen LogP contribution in [0.1, 0.15) is 24.2 Å². The van der Waals surface area contributed by atoms with Crippen LogP contribution in [0.2, 0.25) is 0 Å². The summed E-state index contributed by atoms with van der Waals surface area (Å²) in [6.07, 6.45) is 0. The van der Waals surface area contributed by atoms with E-state index in [1.807, 2.05) is 0 Å². The quantitative estimate of drug-likeness (QED) is 0.896. The van der Waals surface area contributed by atoms with Gasteiger partial charge in [-0.3, -0.25) is 4.79 Å². The molecule has 4 nitrogen and oxygen atoms in total. The van der Waals surface area contributed by atoms with Crippen LogP contribution in [0.15, 0.2) is 22.7 Å². The van der Waals surface area contributed by atoms with Gasteiger partial charge in [0.05, 0.1) is 5.56 Å². The summed E-state index contributed by atoms with van der Waals surface area (Å²) in [5.74, 6) is -2.37. The van der Waals surface area contributed by atoms with Crippen molar-refractivity contribution < 1.29 is 19.1 Å². The molecule has 2 N–H and O–H groups in total. The number of nitrogens with one attached hydrogen (secondary N) is 1. The van der Waals surface area contributed by atoms with E-state index in [1.54, 1.807) is 13.8 Å². The number of carboxylic acids is 1. The fraction of sp³-hybridized carbons (Fsp3) is 0.333. The monoisotopic (exact) mass is 317 g/mol. The van der Waals surface area contributed by atoms with Gasteiger partial charge >= 0.3 is 5.97 Å². The van der Waals surface area contributed by atoms with E-state index in [4.69, 9.17) is 5.11 Å². The first-order valence-electron chi connectivity index (χ1n) is 5.31. The molecule has 98 valence electrons. The van der Waals surface area contributed by atoms with Crippen LogP contribution >= 0.6 is 15.9 Å². The van der Waals surface area contributed by atoms with E-state index < -0.39 is 23.7 Å². The molecule has 0 aliphatic carbocycles. The zero-order chi connectivity index (χ0) is 13.9. The molecule has 0 heterocycles. The Balaban J connectivity index is 2.91. The summed E-state index contributed by atoms with van der Waals surface area (Å²) < 4.78 is 13.2. The first kappa shape index (κ1) is 14.6. The second-order valence-corrected chi connectivity index (χ2v) is 5.01. The second kappa shape index (κ2) is 5.95. The number of hydrogen-bond donors (Lipinski definition) is 2. The highest BCUT2D eigenvalue weighted by Gasteiger charge is 2.24. The van der Waals surface area contributed by atoms with Gasteiger partial charge in [-0.25, -0.2) is 9.18 Å². The number of carboxylic acid groups (broad SMARTS) is 1. The molecular formula is C12H13BrFNO3. The summed E-state index contributed by atoms with van der Waals surface area (Å²) in [5.41, 5.74) is 0.198. The molecule has 0 aliphatic rings. The highest BCUT2D eigenvalue weighted by molar-refractivity contribution is 9.10. The third-order valence-electron chi connectivity index (χ3n) is 2.40. The predicted octanol–water partition coefficient (Wildman–Crippen LogP) is 2.43. The SMILES string of the molecule is CC(C)C(NC(=O)c1ccc(F)cc1Br)C(=O)O. The molecule has 0 bridgehead atoms. The van der Waals surface area contributed by atoms with Gasteiger partial charge in [-0.15, -0.1) is 0 Å². The molecule has 0 saturated heterocycles. The van der Waals surface area contributed by atoms with Crippen LogP contribution in [0.25, 0.3) is 0 Å². The first-order chi connectivity index (χ1) is 8.32. The van der Waals surface area contributed by atoms with Gasteiger partial charge in [0.1, 0.15) is 11.9 Å². The Morgan fingerprint density at radius 3 is 2.44 bits per heavy atom. The van der Waals surface area contributed by atoms with E-state index in [-0.39, 0.29) is 16.0 Å². The lowest BCUT2D eigenvalue weighted by molar-refractivity contribution is -0.140. The maximum Gasteiger partial charge on any atom is 0.326 e. The van der Waals surface area contributed by atoms with Crippen molar-refractivity contribution in [2.45, 2.75) is 19.9 Å².